The third-order valence-electron chi connectivity index (χ3n) is 4.92. The molecule has 0 bridgehead atoms. The summed E-state index contributed by atoms with van der Waals surface area (Å²) in [5, 5.41) is 12.4. The standard InChI is InChI=1S/C17H19N7O2/c1-12-4-6-18-16(20-12)26-13-5-7-25-17(8-13)9-23(10-17)15-3-2-14-21-19-11-24(14)22-15/h2-4,6,11,13H,5,7-10H2,1H3/t13-/m0/s1. The van der Waals surface area contributed by atoms with Gasteiger partial charge in [0.05, 0.1) is 19.7 Å². The molecule has 9 heteroatoms. The Morgan fingerprint density at radius 1 is 1.27 bits per heavy atom. The first-order valence-corrected chi connectivity index (χ1v) is 8.71. The summed E-state index contributed by atoms with van der Waals surface area (Å²) in [5.41, 5.74) is 1.46. The second-order valence-corrected chi connectivity index (χ2v) is 6.93. The van der Waals surface area contributed by atoms with Crippen molar-refractivity contribution in [3.8, 4) is 6.01 Å². The van der Waals surface area contributed by atoms with Crippen LogP contribution in [0.1, 0.15) is 18.5 Å². The van der Waals surface area contributed by atoms with Crippen LogP contribution in [0.5, 0.6) is 6.01 Å². The monoisotopic (exact) mass is 353 g/mol. The molecule has 2 fully saturated rings. The maximum atomic E-state index is 6.10. The first kappa shape index (κ1) is 15.4. The van der Waals surface area contributed by atoms with E-state index in [-0.39, 0.29) is 11.7 Å². The van der Waals surface area contributed by atoms with Gasteiger partial charge in [0.25, 0.3) is 0 Å². The second-order valence-electron chi connectivity index (χ2n) is 6.93. The van der Waals surface area contributed by atoms with Gasteiger partial charge in [0.2, 0.25) is 0 Å². The van der Waals surface area contributed by atoms with Gasteiger partial charge < -0.3 is 14.4 Å². The summed E-state index contributed by atoms with van der Waals surface area (Å²) in [4.78, 5) is 10.7. The molecule has 1 spiro atoms. The Morgan fingerprint density at radius 2 is 2.19 bits per heavy atom. The van der Waals surface area contributed by atoms with E-state index in [0.29, 0.717) is 12.6 Å². The summed E-state index contributed by atoms with van der Waals surface area (Å²) in [6.45, 7) is 4.20. The summed E-state index contributed by atoms with van der Waals surface area (Å²) < 4.78 is 13.8. The van der Waals surface area contributed by atoms with E-state index in [9.17, 15) is 0 Å². The number of aryl methyl sites for hydroxylation is 1. The maximum absolute atomic E-state index is 6.10. The van der Waals surface area contributed by atoms with E-state index in [1.807, 2.05) is 25.1 Å². The van der Waals surface area contributed by atoms with Gasteiger partial charge in [-0.1, -0.05) is 0 Å². The molecular formula is C17H19N7O2. The SMILES string of the molecule is Cc1ccnc(O[C@H]2CCOC3(C2)CN(c2ccc4nncn4n2)C3)n1. The van der Waals surface area contributed by atoms with Crippen LogP contribution in [0.25, 0.3) is 5.65 Å². The zero-order chi connectivity index (χ0) is 17.6. The van der Waals surface area contributed by atoms with Crippen molar-refractivity contribution in [2.24, 2.45) is 0 Å². The highest BCUT2D eigenvalue weighted by molar-refractivity contribution is 5.48. The molecule has 9 nitrogen and oxygen atoms in total. The van der Waals surface area contributed by atoms with Crippen LogP contribution in [-0.4, -0.2) is 61.2 Å². The van der Waals surface area contributed by atoms with Crippen LogP contribution in [0.15, 0.2) is 30.7 Å². The normalized spacial score (nSPS) is 21.7. The highest BCUT2D eigenvalue weighted by Gasteiger charge is 2.49. The van der Waals surface area contributed by atoms with Crippen LogP contribution in [0.4, 0.5) is 5.82 Å². The molecule has 0 N–H and O–H groups in total. The number of aromatic nitrogens is 6. The molecule has 3 aromatic heterocycles. The fraction of sp³-hybridized carbons (Fsp3) is 0.471. The van der Waals surface area contributed by atoms with Gasteiger partial charge in [-0.3, -0.25) is 0 Å². The molecule has 0 radical (unpaired) electrons. The van der Waals surface area contributed by atoms with Gasteiger partial charge in [-0.15, -0.1) is 15.3 Å². The minimum atomic E-state index is -0.184. The van der Waals surface area contributed by atoms with Crippen LogP contribution in [-0.2, 0) is 4.74 Å². The van der Waals surface area contributed by atoms with E-state index in [1.165, 1.54) is 0 Å². The van der Waals surface area contributed by atoms with Crippen molar-refractivity contribution in [3.05, 3.63) is 36.4 Å². The zero-order valence-electron chi connectivity index (χ0n) is 14.4. The second kappa shape index (κ2) is 5.87. The van der Waals surface area contributed by atoms with Crippen LogP contribution >= 0.6 is 0 Å². The van der Waals surface area contributed by atoms with Crippen LogP contribution in [0.2, 0.25) is 0 Å². The predicted molar refractivity (Wildman–Crippen MR) is 92.1 cm³/mol. The largest absolute Gasteiger partial charge is 0.460 e. The van der Waals surface area contributed by atoms with Gasteiger partial charge in [0.1, 0.15) is 23.9 Å². The van der Waals surface area contributed by atoms with Crippen molar-refractivity contribution < 1.29 is 9.47 Å². The number of hydrogen-bond acceptors (Lipinski definition) is 8. The van der Waals surface area contributed by atoms with Crippen molar-refractivity contribution >= 4 is 11.5 Å². The fourth-order valence-electron chi connectivity index (χ4n) is 3.63. The van der Waals surface area contributed by atoms with Gasteiger partial charge in [-0.2, -0.15) is 4.52 Å². The summed E-state index contributed by atoms with van der Waals surface area (Å²) in [6, 6.07) is 6.20. The molecule has 0 unspecified atom stereocenters. The van der Waals surface area contributed by atoms with Crippen molar-refractivity contribution in [2.75, 3.05) is 24.6 Å². The molecule has 2 saturated heterocycles. The summed E-state index contributed by atoms with van der Waals surface area (Å²) >= 11 is 0. The van der Waals surface area contributed by atoms with Gasteiger partial charge in [-0.05, 0) is 25.1 Å². The molecule has 3 aromatic rings. The lowest BCUT2D eigenvalue weighted by molar-refractivity contribution is -0.127. The molecule has 1 atom stereocenters. The molecule has 5 heterocycles. The summed E-state index contributed by atoms with van der Waals surface area (Å²) in [7, 11) is 0. The number of fused-ring (bicyclic) bond motifs is 1. The molecule has 0 amide bonds. The Morgan fingerprint density at radius 3 is 3.08 bits per heavy atom. The summed E-state index contributed by atoms with van der Waals surface area (Å²) in [6.07, 6.45) is 5.09. The predicted octanol–water partition coefficient (Wildman–Crippen LogP) is 1.04. The average Bonchev–Trinajstić information content (AvgIpc) is 3.07. The highest BCUT2D eigenvalue weighted by Crippen LogP contribution is 2.37. The minimum Gasteiger partial charge on any atom is -0.460 e. The Kier molecular flexibility index (Phi) is 3.49. The van der Waals surface area contributed by atoms with Gasteiger partial charge in [0.15, 0.2) is 5.65 Å². The number of rotatable bonds is 3. The van der Waals surface area contributed by atoms with Crippen LogP contribution < -0.4 is 9.64 Å². The van der Waals surface area contributed by atoms with Gasteiger partial charge >= 0.3 is 6.01 Å². The van der Waals surface area contributed by atoms with E-state index in [0.717, 1.165) is 43.1 Å². The van der Waals surface area contributed by atoms with Crippen LogP contribution in [0.3, 0.4) is 0 Å². The maximum Gasteiger partial charge on any atom is 0.316 e. The van der Waals surface area contributed by atoms with Crippen molar-refractivity contribution in [1.82, 2.24) is 29.8 Å². The van der Waals surface area contributed by atoms with Crippen LogP contribution in [0, 0.1) is 6.92 Å². The Balaban J connectivity index is 1.26. The molecule has 134 valence electrons. The van der Waals surface area contributed by atoms with Crippen molar-refractivity contribution in [2.45, 2.75) is 31.5 Å². The Bertz CT molecular complexity index is 938. The number of ether oxygens (including phenoxy) is 2. The third-order valence-corrected chi connectivity index (χ3v) is 4.92. The molecule has 2 aliphatic rings. The molecule has 0 aliphatic carbocycles. The molecule has 26 heavy (non-hydrogen) atoms. The lowest BCUT2D eigenvalue weighted by Crippen LogP contribution is -2.66. The molecule has 5 rings (SSSR count). The molecule has 0 saturated carbocycles. The van der Waals surface area contributed by atoms with E-state index < -0.39 is 0 Å². The molecule has 2 aliphatic heterocycles. The number of hydrogen-bond donors (Lipinski definition) is 0. The Labute approximate surface area is 150 Å². The summed E-state index contributed by atoms with van der Waals surface area (Å²) in [5.74, 6) is 0.900. The smallest absolute Gasteiger partial charge is 0.316 e. The number of nitrogens with zero attached hydrogens (tertiary/aromatic N) is 7. The van der Waals surface area contributed by atoms with E-state index in [1.54, 1.807) is 17.0 Å². The molecule has 0 aromatic carbocycles. The average molecular weight is 353 g/mol. The lowest BCUT2D eigenvalue weighted by Gasteiger charge is -2.53. The zero-order valence-corrected chi connectivity index (χ0v) is 14.4. The minimum absolute atomic E-state index is 0.0704. The van der Waals surface area contributed by atoms with Crippen molar-refractivity contribution in [1.29, 1.82) is 0 Å². The third kappa shape index (κ3) is 2.74. The lowest BCUT2D eigenvalue weighted by atomic mass is 9.84. The van der Waals surface area contributed by atoms with E-state index in [4.69, 9.17) is 9.47 Å². The Hall–Kier alpha value is -2.81. The van der Waals surface area contributed by atoms with E-state index >= 15 is 0 Å². The first-order chi connectivity index (χ1) is 12.7. The highest BCUT2D eigenvalue weighted by atomic mass is 16.5. The fourth-order valence-corrected chi connectivity index (χ4v) is 3.63. The van der Waals surface area contributed by atoms with Gasteiger partial charge in [-0.25, -0.2) is 9.97 Å². The quantitative estimate of drug-likeness (QED) is 0.690. The molecular weight excluding hydrogens is 334 g/mol. The van der Waals surface area contributed by atoms with Gasteiger partial charge in [0, 0.05) is 24.7 Å². The van der Waals surface area contributed by atoms with E-state index in [2.05, 4.69) is 30.2 Å². The topological polar surface area (TPSA) is 90.6 Å². The van der Waals surface area contributed by atoms with Crippen molar-refractivity contribution in [3.63, 3.8) is 0 Å². The number of anilines is 1. The first-order valence-electron chi connectivity index (χ1n) is 8.71.